The largest absolute Gasteiger partial charge is 0.486 e. The molecule has 2 heterocycles. The Kier molecular flexibility index (Phi) is 5.73. The minimum absolute atomic E-state index is 0.311. The Morgan fingerprint density at radius 2 is 1.67 bits per heavy atom. The van der Waals surface area contributed by atoms with E-state index in [0.717, 1.165) is 11.3 Å². The number of fused-ring (bicyclic) bond motifs is 1. The van der Waals surface area contributed by atoms with E-state index in [2.05, 4.69) is 20.9 Å². The van der Waals surface area contributed by atoms with Gasteiger partial charge in [-0.2, -0.15) is 0 Å². The normalized spacial score (nSPS) is 12.2. The Hall–Kier alpha value is -3.30. The predicted octanol–water partition coefficient (Wildman–Crippen LogP) is 4.77. The van der Waals surface area contributed by atoms with E-state index in [9.17, 15) is 9.59 Å². The first-order valence-electron chi connectivity index (χ1n) is 9.00. The molecule has 154 valence electrons. The molecule has 2 aromatic carbocycles. The Bertz CT molecular complexity index is 1100. The predicted molar refractivity (Wildman–Crippen MR) is 116 cm³/mol. The van der Waals surface area contributed by atoms with E-state index >= 15 is 0 Å². The van der Waals surface area contributed by atoms with Gasteiger partial charge in [-0.05, 0) is 43.3 Å². The number of anilines is 3. The summed E-state index contributed by atoms with van der Waals surface area (Å²) in [7, 11) is 0. The highest BCUT2D eigenvalue weighted by molar-refractivity contribution is 7.17. The molecule has 1 aromatic heterocycles. The molecular formula is C20H17ClN4O4S. The Morgan fingerprint density at radius 3 is 2.43 bits per heavy atom. The van der Waals surface area contributed by atoms with Crippen LogP contribution in [-0.2, 0) is 0 Å². The summed E-state index contributed by atoms with van der Waals surface area (Å²) in [6, 6.07) is 11.4. The van der Waals surface area contributed by atoms with Gasteiger partial charge in [0.25, 0.3) is 5.91 Å². The van der Waals surface area contributed by atoms with Crippen LogP contribution in [0.4, 0.5) is 21.3 Å². The molecule has 0 saturated carbocycles. The van der Waals surface area contributed by atoms with E-state index in [-0.39, 0.29) is 5.91 Å². The number of nitrogens with zero attached hydrogens (tertiary/aromatic N) is 1. The smallest absolute Gasteiger partial charge is 0.325 e. The second-order valence-corrected chi connectivity index (χ2v) is 7.77. The molecule has 4 rings (SSSR count). The average molecular weight is 445 g/mol. The molecule has 30 heavy (non-hydrogen) atoms. The van der Waals surface area contributed by atoms with Crippen molar-refractivity contribution in [2.45, 2.75) is 6.92 Å². The summed E-state index contributed by atoms with van der Waals surface area (Å²) in [5.41, 5.74) is 1.67. The number of aryl methyl sites for hydroxylation is 1. The molecule has 0 spiro atoms. The topological polar surface area (TPSA) is 102 Å². The molecule has 8 nitrogen and oxygen atoms in total. The first kappa shape index (κ1) is 20.0. The molecule has 1 aliphatic heterocycles. The lowest BCUT2D eigenvalue weighted by Gasteiger charge is -2.18. The van der Waals surface area contributed by atoms with Crippen LogP contribution in [0.2, 0.25) is 5.02 Å². The molecule has 3 N–H and O–H groups in total. The van der Waals surface area contributed by atoms with Gasteiger partial charge < -0.3 is 20.1 Å². The molecule has 0 bridgehead atoms. The third-order valence-electron chi connectivity index (χ3n) is 4.13. The number of hydrogen-bond acceptors (Lipinski definition) is 6. The van der Waals surface area contributed by atoms with Gasteiger partial charge in [0.05, 0.1) is 5.69 Å². The zero-order valence-electron chi connectivity index (χ0n) is 15.8. The fourth-order valence-electron chi connectivity index (χ4n) is 2.76. The number of nitrogens with one attached hydrogen (secondary N) is 3. The fourth-order valence-corrected chi connectivity index (χ4v) is 3.74. The quantitative estimate of drug-likeness (QED) is 0.538. The van der Waals surface area contributed by atoms with Crippen LogP contribution in [0.1, 0.15) is 15.4 Å². The number of halogens is 1. The molecule has 3 aromatic rings. The third kappa shape index (κ3) is 4.64. The van der Waals surface area contributed by atoms with Crippen molar-refractivity contribution < 1.29 is 19.1 Å². The van der Waals surface area contributed by atoms with Gasteiger partial charge in [0.1, 0.15) is 18.1 Å². The monoisotopic (exact) mass is 444 g/mol. The number of carbonyl (C=O) groups is 2. The summed E-state index contributed by atoms with van der Waals surface area (Å²) in [5, 5.41) is 9.01. The lowest BCUT2D eigenvalue weighted by molar-refractivity contribution is 0.102. The average Bonchev–Trinajstić information content (AvgIpc) is 3.09. The lowest BCUT2D eigenvalue weighted by atomic mass is 10.2. The molecule has 1 aliphatic rings. The number of thiazole rings is 1. The summed E-state index contributed by atoms with van der Waals surface area (Å²) in [6.45, 7) is 2.67. The molecular weight excluding hydrogens is 428 g/mol. The fraction of sp³-hybridized carbons (Fsp3) is 0.150. The Labute approximate surface area is 181 Å². The summed E-state index contributed by atoms with van der Waals surface area (Å²) in [6.07, 6.45) is 0. The van der Waals surface area contributed by atoms with Crippen molar-refractivity contribution in [2.75, 3.05) is 29.2 Å². The van der Waals surface area contributed by atoms with Crippen molar-refractivity contribution in [2.24, 2.45) is 0 Å². The molecule has 0 radical (unpaired) electrons. The number of benzene rings is 2. The lowest BCUT2D eigenvalue weighted by Crippen LogP contribution is -2.19. The molecule has 0 unspecified atom stereocenters. The van der Waals surface area contributed by atoms with Crippen LogP contribution in [0, 0.1) is 6.92 Å². The number of ether oxygens (including phenoxy) is 2. The summed E-state index contributed by atoms with van der Waals surface area (Å²) < 4.78 is 11.0. The summed E-state index contributed by atoms with van der Waals surface area (Å²) in [4.78, 5) is 29.5. The Morgan fingerprint density at radius 1 is 0.967 bits per heavy atom. The standard InChI is InChI=1S/C20H17ClN4O4S/c1-11-17(18(26)23-14-6-7-15-16(10-14)29-9-8-28-15)30-20(22-11)25-19(27)24-13-4-2-12(21)3-5-13/h2-7,10H,8-9H2,1H3,(H,23,26)(H2,22,24,25,27). The molecule has 0 saturated heterocycles. The molecule has 0 fully saturated rings. The first-order chi connectivity index (χ1) is 14.5. The summed E-state index contributed by atoms with van der Waals surface area (Å²) >= 11 is 6.92. The van der Waals surface area contributed by atoms with Crippen molar-refractivity contribution in [3.63, 3.8) is 0 Å². The maximum atomic E-state index is 12.7. The van der Waals surface area contributed by atoms with Crippen LogP contribution in [0.15, 0.2) is 42.5 Å². The minimum atomic E-state index is -0.468. The van der Waals surface area contributed by atoms with Crippen LogP contribution < -0.4 is 25.4 Å². The number of aromatic nitrogens is 1. The zero-order valence-corrected chi connectivity index (χ0v) is 17.4. The van der Waals surface area contributed by atoms with Crippen LogP contribution in [0.5, 0.6) is 11.5 Å². The number of carbonyl (C=O) groups excluding carboxylic acids is 2. The van der Waals surface area contributed by atoms with Crippen LogP contribution >= 0.6 is 22.9 Å². The maximum absolute atomic E-state index is 12.7. The van der Waals surface area contributed by atoms with Crippen molar-refractivity contribution in [1.82, 2.24) is 4.98 Å². The van der Waals surface area contributed by atoms with E-state index in [1.54, 1.807) is 49.4 Å². The van der Waals surface area contributed by atoms with Crippen molar-refractivity contribution in [1.29, 1.82) is 0 Å². The van der Waals surface area contributed by atoms with Gasteiger partial charge in [0.15, 0.2) is 16.6 Å². The van der Waals surface area contributed by atoms with Crippen LogP contribution in [0.25, 0.3) is 0 Å². The van der Waals surface area contributed by atoms with E-state index < -0.39 is 6.03 Å². The molecule has 10 heteroatoms. The zero-order chi connectivity index (χ0) is 21.1. The Balaban J connectivity index is 1.41. The van der Waals surface area contributed by atoms with E-state index in [1.165, 1.54) is 0 Å². The van der Waals surface area contributed by atoms with Crippen LogP contribution in [-0.4, -0.2) is 30.1 Å². The highest BCUT2D eigenvalue weighted by Gasteiger charge is 2.18. The van der Waals surface area contributed by atoms with Gasteiger partial charge in [-0.3, -0.25) is 10.1 Å². The van der Waals surface area contributed by atoms with Crippen molar-refractivity contribution >= 4 is 51.4 Å². The van der Waals surface area contributed by atoms with Crippen LogP contribution in [0.3, 0.4) is 0 Å². The third-order valence-corrected chi connectivity index (χ3v) is 5.45. The number of urea groups is 1. The number of rotatable bonds is 4. The first-order valence-corrected chi connectivity index (χ1v) is 10.2. The number of hydrogen-bond donors (Lipinski definition) is 3. The van der Waals surface area contributed by atoms with Gasteiger partial charge in [-0.1, -0.05) is 22.9 Å². The summed E-state index contributed by atoms with van der Waals surface area (Å²) in [5.74, 6) is 0.903. The second kappa shape index (κ2) is 8.60. The van der Waals surface area contributed by atoms with Gasteiger partial charge in [0, 0.05) is 22.5 Å². The van der Waals surface area contributed by atoms with E-state index in [4.69, 9.17) is 21.1 Å². The van der Waals surface area contributed by atoms with Gasteiger partial charge in [0.2, 0.25) is 0 Å². The SMILES string of the molecule is Cc1nc(NC(=O)Nc2ccc(Cl)cc2)sc1C(=O)Nc1ccc2c(c1)OCCO2. The number of amides is 3. The van der Waals surface area contributed by atoms with Crippen molar-refractivity contribution in [3.05, 3.63) is 58.1 Å². The second-order valence-electron chi connectivity index (χ2n) is 6.33. The van der Waals surface area contributed by atoms with Gasteiger partial charge in [-0.15, -0.1) is 0 Å². The maximum Gasteiger partial charge on any atom is 0.325 e. The van der Waals surface area contributed by atoms with E-state index in [0.29, 0.717) is 56.8 Å². The molecule has 3 amide bonds. The highest BCUT2D eigenvalue weighted by Crippen LogP contribution is 2.33. The molecule has 0 atom stereocenters. The minimum Gasteiger partial charge on any atom is -0.486 e. The van der Waals surface area contributed by atoms with Crippen molar-refractivity contribution in [3.8, 4) is 11.5 Å². The van der Waals surface area contributed by atoms with E-state index in [1.807, 2.05) is 0 Å². The molecule has 0 aliphatic carbocycles. The van der Waals surface area contributed by atoms with Gasteiger partial charge >= 0.3 is 6.03 Å². The highest BCUT2D eigenvalue weighted by atomic mass is 35.5. The van der Waals surface area contributed by atoms with Gasteiger partial charge in [-0.25, -0.2) is 9.78 Å².